The molecule has 3 aromatic rings. The molecule has 1 aliphatic rings. The van der Waals surface area contributed by atoms with Crippen LogP contribution in [0.2, 0.25) is 5.02 Å². The minimum Gasteiger partial charge on any atom is -0.485 e. The monoisotopic (exact) mass is 431 g/mol. The number of carbonyl (C=O) groups is 1. The highest BCUT2D eigenvalue weighted by molar-refractivity contribution is 7.22. The highest BCUT2D eigenvalue weighted by Gasteiger charge is 2.33. The summed E-state index contributed by atoms with van der Waals surface area (Å²) in [5, 5.41) is 1.30. The highest BCUT2D eigenvalue weighted by Crippen LogP contribution is 2.34. The summed E-state index contributed by atoms with van der Waals surface area (Å²) in [6.07, 6.45) is 0.111. The van der Waals surface area contributed by atoms with Crippen LogP contribution < -0.4 is 14.4 Å². The summed E-state index contributed by atoms with van der Waals surface area (Å²) in [4.78, 5) is 21.8. The number of halogens is 1. The van der Waals surface area contributed by atoms with E-state index in [1.54, 1.807) is 11.0 Å². The van der Waals surface area contributed by atoms with Crippen molar-refractivity contribution in [3.05, 3.63) is 47.5 Å². The third kappa shape index (κ3) is 4.47. The summed E-state index contributed by atoms with van der Waals surface area (Å²) in [5.74, 6) is 1.09. The fourth-order valence-corrected chi connectivity index (χ4v) is 4.44. The van der Waals surface area contributed by atoms with Crippen molar-refractivity contribution in [2.45, 2.75) is 12.5 Å². The molecule has 1 aromatic heterocycles. The first-order valence-corrected chi connectivity index (χ1v) is 10.6. The number of rotatable bonds is 6. The Labute approximate surface area is 178 Å². The zero-order chi connectivity index (χ0) is 20.4. The van der Waals surface area contributed by atoms with Gasteiger partial charge in [0.05, 0.1) is 10.2 Å². The van der Waals surface area contributed by atoms with Crippen LogP contribution in [-0.4, -0.2) is 55.7 Å². The van der Waals surface area contributed by atoms with E-state index in [1.165, 1.54) is 11.3 Å². The second-order valence-electron chi connectivity index (χ2n) is 7.12. The maximum Gasteiger partial charge on any atom is 0.273 e. The van der Waals surface area contributed by atoms with E-state index < -0.39 is 6.10 Å². The topological polar surface area (TPSA) is 54.9 Å². The van der Waals surface area contributed by atoms with E-state index in [0.29, 0.717) is 28.2 Å². The van der Waals surface area contributed by atoms with Crippen LogP contribution in [0.1, 0.15) is 6.42 Å². The van der Waals surface area contributed by atoms with Crippen molar-refractivity contribution < 1.29 is 14.3 Å². The molecule has 2 heterocycles. The van der Waals surface area contributed by atoms with Gasteiger partial charge in [0.2, 0.25) is 6.10 Å². The van der Waals surface area contributed by atoms with Crippen molar-refractivity contribution in [1.82, 2.24) is 9.88 Å². The summed E-state index contributed by atoms with van der Waals surface area (Å²) < 4.78 is 12.6. The lowest BCUT2D eigenvalue weighted by Crippen LogP contribution is -2.47. The van der Waals surface area contributed by atoms with Gasteiger partial charge in [0.25, 0.3) is 5.91 Å². The first kappa shape index (κ1) is 19.9. The standard InChI is InChI=1S/C21H22ClN3O3S/c1-24(2)10-5-11-25(21-23-15-9-8-14(22)12-19(15)29-21)20(26)18-13-27-16-6-3-4-7-17(16)28-18/h3-4,6-9,12,18H,5,10-11,13H2,1-2H3. The number of hydrogen-bond acceptors (Lipinski definition) is 6. The predicted octanol–water partition coefficient (Wildman–Crippen LogP) is 4.07. The molecule has 8 heteroatoms. The van der Waals surface area contributed by atoms with Gasteiger partial charge in [0.1, 0.15) is 6.61 Å². The van der Waals surface area contributed by atoms with E-state index in [4.69, 9.17) is 21.1 Å². The summed E-state index contributed by atoms with van der Waals surface area (Å²) in [5.41, 5.74) is 0.825. The second-order valence-corrected chi connectivity index (χ2v) is 8.56. The van der Waals surface area contributed by atoms with Gasteiger partial charge < -0.3 is 14.4 Å². The van der Waals surface area contributed by atoms with E-state index in [9.17, 15) is 4.79 Å². The van der Waals surface area contributed by atoms with E-state index in [0.717, 1.165) is 23.2 Å². The molecule has 152 valence electrons. The molecule has 0 saturated carbocycles. The molecule has 4 rings (SSSR count). The van der Waals surface area contributed by atoms with Crippen molar-refractivity contribution in [3.8, 4) is 11.5 Å². The van der Waals surface area contributed by atoms with Crippen LogP contribution in [0.25, 0.3) is 10.2 Å². The number of nitrogens with zero attached hydrogens (tertiary/aromatic N) is 3. The summed E-state index contributed by atoms with van der Waals surface area (Å²) in [7, 11) is 4.03. The van der Waals surface area contributed by atoms with Gasteiger partial charge >= 0.3 is 0 Å². The van der Waals surface area contributed by atoms with Crippen LogP contribution in [-0.2, 0) is 4.79 Å². The Morgan fingerprint density at radius 2 is 2.00 bits per heavy atom. The molecule has 0 fully saturated rings. The SMILES string of the molecule is CN(C)CCCN(C(=O)C1COc2ccccc2O1)c1nc2ccc(Cl)cc2s1. The van der Waals surface area contributed by atoms with E-state index in [1.807, 2.05) is 50.5 Å². The quantitative estimate of drug-likeness (QED) is 0.588. The number of aromatic nitrogens is 1. The van der Waals surface area contributed by atoms with E-state index >= 15 is 0 Å². The van der Waals surface area contributed by atoms with Crippen LogP contribution in [0.15, 0.2) is 42.5 Å². The van der Waals surface area contributed by atoms with Crippen LogP contribution in [0.3, 0.4) is 0 Å². The molecule has 0 radical (unpaired) electrons. The number of amides is 1. The Kier molecular flexibility index (Phi) is 5.89. The third-order valence-electron chi connectivity index (χ3n) is 4.61. The number of para-hydroxylation sites is 2. The second kappa shape index (κ2) is 8.57. The Balaban J connectivity index is 1.60. The van der Waals surface area contributed by atoms with Gasteiger partial charge in [-0.3, -0.25) is 9.69 Å². The smallest absolute Gasteiger partial charge is 0.273 e. The minimum absolute atomic E-state index is 0.150. The Morgan fingerprint density at radius 1 is 1.21 bits per heavy atom. The van der Waals surface area contributed by atoms with E-state index in [-0.39, 0.29) is 12.5 Å². The van der Waals surface area contributed by atoms with Crippen molar-refractivity contribution in [2.24, 2.45) is 0 Å². The number of hydrogen-bond donors (Lipinski definition) is 0. The van der Waals surface area contributed by atoms with Crippen molar-refractivity contribution in [3.63, 3.8) is 0 Å². The Hall–Kier alpha value is -2.35. The molecular weight excluding hydrogens is 410 g/mol. The maximum atomic E-state index is 13.4. The normalized spacial score (nSPS) is 15.7. The lowest BCUT2D eigenvalue weighted by molar-refractivity contribution is -0.127. The van der Waals surface area contributed by atoms with Gasteiger partial charge in [0.15, 0.2) is 16.6 Å². The zero-order valence-electron chi connectivity index (χ0n) is 16.3. The number of fused-ring (bicyclic) bond motifs is 2. The molecule has 1 aliphatic heterocycles. The lowest BCUT2D eigenvalue weighted by atomic mass is 10.2. The average molecular weight is 432 g/mol. The van der Waals surface area contributed by atoms with Gasteiger partial charge in [-0.1, -0.05) is 35.1 Å². The first-order chi connectivity index (χ1) is 14.0. The minimum atomic E-state index is -0.708. The molecule has 0 aliphatic carbocycles. The maximum absolute atomic E-state index is 13.4. The van der Waals surface area contributed by atoms with Crippen LogP contribution >= 0.6 is 22.9 Å². The third-order valence-corrected chi connectivity index (χ3v) is 5.88. The van der Waals surface area contributed by atoms with Crippen LogP contribution in [0.4, 0.5) is 5.13 Å². The van der Waals surface area contributed by atoms with E-state index in [2.05, 4.69) is 9.88 Å². The van der Waals surface area contributed by atoms with Gasteiger partial charge in [-0.25, -0.2) is 4.98 Å². The molecule has 0 saturated heterocycles. The highest BCUT2D eigenvalue weighted by atomic mass is 35.5. The average Bonchev–Trinajstić information content (AvgIpc) is 3.13. The van der Waals surface area contributed by atoms with Gasteiger partial charge in [-0.05, 0) is 57.4 Å². The Bertz CT molecular complexity index is 1020. The van der Waals surface area contributed by atoms with Crippen molar-refractivity contribution >= 4 is 44.2 Å². The predicted molar refractivity (Wildman–Crippen MR) is 117 cm³/mol. The fourth-order valence-electron chi connectivity index (χ4n) is 3.16. The first-order valence-electron chi connectivity index (χ1n) is 9.42. The molecule has 2 aromatic carbocycles. The number of benzene rings is 2. The van der Waals surface area contributed by atoms with Gasteiger partial charge in [-0.15, -0.1) is 0 Å². The Morgan fingerprint density at radius 3 is 2.79 bits per heavy atom. The van der Waals surface area contributed by atoms with Gasteiger partial charge in [0, 0.05) is 11.6 Å². The number of carbonyl (C=O) groups excluding carboxylic acids is 1. The molecule has 29 heavy (non-hydrogen) atoms. The molecule has 0 spiro atoms. The molecule has 1 unspecified atom stereocenters. The largest absolute Gasteiger partial charge is 0.485 e. The zero-order valence-corrected chi connectivity index (χ0v) is 17.9. The summed E-state index contributed by atoms with van der Waals surface area (Å²) in [6, 6.07) is 12.9. The van der Waals surface area contributed by atoms with Crippen LogP contribution in [0.5, 0.6) is 11.5 Å². The summed E-state index contributed by atoms with van der Waals surface area (Å²) in [6.45, 7) is 1.59. The van der Waals surface area contributed by atoms with Crippen molar-refractivity contribution in [2.75, 3.05) is 38.7 Å². The van der Waals surface area contributed by atoms with Crippen LogP contribution in [0, 0.1) is 0 Å². The molecule has 6 nitrogen and oxygen atoms in total. The molecular formula is C21H22ClN3O3S. The molecule has 1 amide bonds. The number of thiazole rings is 1. The lowest BCUT2D eigenvalue weighted by Gasteiger charge is -2.29. The molecule has 0 bridgehead atoms. The number of ether oxygens (including phenoxy) is 2. The summed E-state index contributed by atoms with van der Waals surface area (Å²) >= 11 is 7.57. The van der Waals surface area contributed by atoms with Gasteiger partial charge in [-0.2, -0.15) is 0 Å². The fraction of sp³-hybridized carbons (Fsp3) is 0.333. The van der Waals surface area contributed by atoms with Crippen molar-refractivity contribution in [1.29, 1.82) is 0 Å². The number of anilines is 1. The molecule has 0 N–H and O–H groups in total. The molecule has 1 atom stereocenters.